The molecule has 5 rings (SSSR count). The minimum Gasteiger partial charge on any atom is -0.340 e. The average Bonchev–Trinajstić information content (AvgIpc) is 3.17. The maximum Gasteiger partial charge on any atom is 0.234 e. The highest BCUT2D eigenvalue weighted by molar-refractivity contribution is 7.10. The number of carbonyl (C=O) groups excluding carboxylic acids is 1. The van der Waals surface area contributed by atoms with E-state index < -0.39 is 0 Å². The Morgan fingerprint density at radius 1 is 1.24 bits per heavy atom. The van der Waals surface area contributed by atoms with E-state index in [1.165, 1.54) is 17.7 Å². The molecule has 5 nitrogen and oxygen atoms in total. The van der Waals surface area contributed by atoms with Gasteiger partial charge in [0.1, 0.15) is 0 Å². The van der Waals surface area contributed by atoms with Crippen LogP contribution in [0.5, 0.6) is 0 Å². The quantitative estimate of drug-likeness (QED) is 0.842. The van der Waals surface area contributed by atoms with E-state index in [9.17, 15) is 4.79 Å². The standard InChI is InChI=1S/C19H24N4OS/c24-18(19(8-1-2-9-19)17-4-3-11-25-17)22-10-7-15(12-22)23-13-16(20-21-23)14-5-6-14/h3-4,11,13-15H,1-2,5-10,12H2/t15-/m0/s1. The van der Waals surface area contributed by atoms with Crippen LogP contribution in [0.2, 0.25) is 0 Å². The van der Waals surface area contributed by atoms with Crippen molar-refractivity contribution in [2.75, 3.05) is 13.1 Å². The zero-order chi connectivity index (χ0) is 16.9. The first-order chi connectivity index (χ1) is 12.3. The minimum absolute atomic E-state index is 0.259. The Bertz CT molecular complexity index is 758. The largest absolute Gasteiger partial charge is 0.340 e. The van der Waals surface area contributed by atoms with Crippen LogP contribution in [0.15, 0.2) is 23.7 Å². The smallest absolute Gasteiger partial charge is 0.234 e. The van der Waals surface area contributed by atoms with E-state index in [1.807, 2.05) is 4.68 Å². The highest BCUT2D eigenvalue weighted by Gasteiger charge is 2.47. The number of aromatic nitrogens is 3. The number of carbonyl (C=O) groups is 1. The first-order valence-corrected chi connectivity index (χ1v) is 10.4. The highest BCUT2D eigenvalue weighted by atomic mass is 32.1. The van der Waals surface area contributed by atoms with Crippen LogP contribution in [0.1, 0.15) is 67.5 Å². The predicted octanol–water partition coefficient (Wildman–Crippen LogP) is 3.50. The Balaban J connectivity index is 1.34. The van der Waals surface area contributed by atoms with E-state index in [1.54, 1.807) is 11.3 Å². The molecule has 6 heteroatoms. The van der Waals surface area contributed by atoms with Crippen molar-refractivity contribution in [2.45, 2.75) is 62.3 Å². The Kier molecular flexibility index (Phi) is 3.69. The number of thiophene rings is 1. The summed E-state index contributed by atoms with van der Waals surface area (Å²) in [7, 11) is 0. The Hall–Kier alpha value is -1.69. The van der Waals surface area contributed by atoms with E-state index in [0.29, 0.717) is 11.8 Å². The van der Waals surface area contributed by atoms with Gasteiger partial charge in [-0.2, -0.15) is 0 Å². The number of hydrogen-bond donors (Lipinski definition) is 0. The Labute approximate surface area is 152 Å². The third-order valence-corrected chi connectivity index (χ3v) is 7.28. The van der Waals surface area contributed by atoms with E-state index >= 15 is 0 Å². The number of amides is 1. The zero-order valence-electron chi connectivity index (χ0n) is 14.4. The molecule has 3 aliphatic rings. The second-order valence-corrected chi connectivity index (χ2v) is 8.81. The Morgan fingerprint density at radius 3 is 2.80 bits per heavy atom. The van der Waals surface area contributed by atoms with Crippen LogP contribution in [0.4, 0.5) is 0 Å². The molecule has 3 heterocycles. The van der Waals surface area contributed by atoms with E-state index in [0.717, 1.165) is 50.9 Å². The predicted molar refractivity (Wildman–Crippen MR) is 96.7 cm³/mol. The lowest BCUT2D eigenvalue weighted by Gasteiger charge is -2.31. The summed E-state index contributed by atoms with van der Waals surface area (Å²) in [6.45, 7) is 1.62. The molecule has 2 aromatic rings. The van der Waals surface area contributed by atoms with Gasteiger partial charge in [0.05, 0.1) is 17.2 Å². The van der Waals surface area contributed by atoms with Gasteiger partial charge in [-0.05, 0) is 43.6 Å². The number of likely N-dealkylation sites (tertiary alicyclic amines) is 1. The van der Waals surface area contributed by atoms with Gasteiger partial charge in [0.2, 0.25) is 5.91 Å². The van der Waals surface area contributed by atoms with Crippen LogP contribution >= 0.6 is 11.3 Å². The van der Waals surface area contributed by atoms with Gasteiger partial charge in [-0.3, -0.25) is 4.79 Å². The van der Waals surface area contributed by atoms with Gasteiger partial charge >= 0.3 is 0 Å². The molecule has 2 aliphatic carbocycles. The summed E-state index contributed by atoms with van der Waals surface area (Å²) in [6.07, 6.45) is 9.92. The van der Waals surface area contributed by atoms with Crippen molar-refractivity contribution < 1.29 is 4.79 Å². The molecule has 0 aromatic carbocycles. The number of hydrogen-bond acceptors (Lipinski definition) is 4. The zero-order valence-corrected chi connectivity index (χ0v) is 15.2. The number of nitrogens with zero attached hydrogens (tertiary/aromatic N) is 4. The van der Waals surface area contributed by atoms with Crippen molar-refractivity contribution in [3.05, 3.63) is 34.3 Å². The van der Waals surface area contributed by atoms with E-state index in [4.69, 9.17) is 0 Å². The van der Waals surface area contributed by atoms with Gasteiger partial charge in [0.15, 0.2) is 0 Å². The van der Waals surface area contributed by atoms with Crippen molar-refractivity contribution in [1.82, 2.24) is 19.9 Å². The van der Waals surface area contributed by atoms with Gasteiger partial charge in [-0.1, -0.05) is 24.1 Å². The molecule has 1 aliphatic heterocycles. The molecular formula is C19H24N4OS. The van der Waals surface area contributed by atoms with Crippen molar-refractivity contribution in [1.29, 1.82) is 0 Å². The SMILES string of the molecule is O=C(N1CC[C@H](n2cc(C3CC3)nn2)C1)C1(c2cccs2)CCCC1. The summed E-state index contributed by atoms with van der Waals surface area (Å²) in [6, 6.07) is 4.51. The summed E-state index contributed by atoms with van der Waals surface area (Å²) in [5, 5.41) is 10.8. The summed E-state index contributed by atoms with van der Waals surface area (Å²) < 4.78 is 2.01. The summed E-state index contributed by atoms with van der Waals surface area (Å²) in [4.78, 5) is 16.8. The second-order valence-electron chi connectivity index (χ2n) is 7.86. The fourth-order valence-corrected chi connectivity index (χ4v) is 5.55. The lowest BCUT2D eigenvalue weighted by atomic mass is 9.83. The van der Waals surface area contributed by atoms with Crippen LogP contribution in [0, 0.1) is 0 Å². The minimum atomic E-state index is -0.259. The molecule has 25 heavy (non-hydrogen) atoms. The molecule has 0 unspecified atom stereocenters. The van der Waals surface area contributed by atoms with Crippen molar-refractivity contribution >= 4 is 17.2 Å². The summed E-state index contributed by atoms with van der Waals surface area (Å²) >= 11 is 1.74. The van der Waals surface area contributed by atoms with Gasteiger partial charge in [-0.15, -0.1) is 16.4 Å². The normalized spacial score (nSPS) is 25.6. The summed E-state index contributed by atoms with van der Waals surface area (Å²) in [5.41, 5.74) is 0.876. The molecule has 1 atom stereocenters. The van der Waals surface area contributed by atoms with E-state index in [2.05, 4.69) is 38.9 Å². The lowest BCUT2D eigenvalue weighted by molar-refractivity contribution is -0.136. The molecular weight excluding hydrogens is 332 g/mol. The molecule has 0 N–H and O–H groups in total. The second kappa shape index (κ2) is 5.94. The maximum atomic E-state index is 13.5. The van der Waals surface area contributed by atoms with Crippen molar-refractivity contribution in [2.24, 2.45) is 0 Å². The van der Waals surface area contributed by atoms with Crippen LogP contribution in [0.3, 0.4) is 0 Å². The molecule has 2 saturated carbocycles. The first kappa shape index (κ1) is 15.6. The van der Waals surface area contributed by atoms with Crippen molar-refractivity contribution in [3.63, 3.8) is 0 Å². The fraction of sp³-hybridized carbons (Fsp3) is 0.632. The molecule has 1 saturated heterocycles. The van der Waals surface area contributed by atoms with Crippen LogP contribution in [-0.4, -0.2) is 38.9 Å². The van der Waals surface area contributed by atoms with Gasteiger partial charge in [0, 0.05) is 30.1 Å². The van der Waals surface area contributed by atoms with Crippen LogP contribution in [-0.2, 0) is 10.2 Å². The van der Waals surface area contributed by atoms with Crippen LogP contribution < -0.4 is 0 Å². The molecule has 2 aromatic heterocycles. The molecule has 132 valence electrons. The average molecular weight is 356 g/mol. The molecule has 0 spiro atoms. The van der Waals surface area contributed by atoms with Gasteiger partial charge in [0.25, 0.3) is 0 Å². The van der Waals surface area contributed by atoms with Crippen LogP contribution in [0.25, 0.3) is 0 Å². The fourth-order valence-electron chi connectivity index (χ4n) is 4.57. The van der Waals surface area contributed by atoms with Gasteiger partial charge in [-0.25, -0.2) is 4.68 Å². The molecule has 0 bridgehead atoms. The van der Waals surface area contributed by atoms with E-state index in [-0.39, 0.29) is 11.5 Å². The lowest BCUT2D eigenvalue weighted by Crippen LogP contribution is -2.44. The molecule has 3 fully saturated rings. The number of rotatable bonds is 4. The monoisotopic (exact) mass is 356 g/mol. The third kappa shape index (κ3) is 2.62. The third-order valence-electron chi connectivity index (χ3n) is 6.21. The molecule has 1 amide bonds. The highest BCUT2D eigenvalue weighted by Crippen LogP contribution is 2.45. The Morgan fingerprint density at radius 2 is 2.08 bits per heavy atom. The first-order valence-electron chi connectivity index (χ1n) is 9.51. The van der Waals surface area contributed by atoms with Gasteiger partial charge < -0.3 is 4.90 Å². The van der Waals surface area contributed by atoms with Crippen molar-refractivity contribution in [3.8, 4) is 0 Å². The maximum absolute atomic E-state index is 13.5. The summed E-state index contributed by atoms with van der Waals surface area (Å²) in [5.74, 6) is 0.978. The topological polar surface area (TPSA) is 51.0 Å². The molecule has 0 radical (unpaired) electrons.